The number of rotatable bonds is 3. The van der Waals surface area contributed by atoms with Gasteiger partial charge in [0.15, 0.2) is 0 Å². The summed E-state index contributed by atoms with van der Waals surface area (Å²) in [5, 5.41) is 18.1. The van der Waals surface area contributed by atoms with Gasteiger partial charge in [-0.1, -0.05) is 176 Å². The van der Waals surface area contributed by atoms with Gasteiger partial charge in [0, 0.05) is 0 Å². The zero-order valence-electron chi connectivity index (χ0n) is 30.3. The Morgan fingerprint density at radius 2 is 0.741 bits per heavy atom. The molecule has 0 radical (unpaired) electrons. The summed E-state index contributed by atoms with van der Waals surface area (Å²) in [6.45, 7) is 4.57. The summed E-state index contributed by atoms with van der Waals surface area (Å²) in [4.78, 5) is 0. The van der Waals surface area contributed by atoms with Crippen LogP contribution in [0.1, 0.15) is 11.1 Å². The number of aryl methyl sites for hydroxylation is 2. The van der Waals surface area contributed by atoms with E-state index in [1.54, 1.807) is 0 Å². The molecule has 0 heteroatoms. The summed E-state index contributed by atoms with van der Waals surface area (Å²) >= 11 is 0. The minimum absolute atomic E-state index is 1.24. The molecule has 0 atom stereocenters. The number of hydrogen-bond acceptors (Lipinski definition) is 0. The molecule has 0 aliphatic heterocycles. The molecule has 11 aromatic rings. The van der Waals surface area contributed by atoms with Gasteiger partial charge in [-0.2, -0.15) is 0 Å². The second-order valence-electron chi connectivity index (χ2n) is 14.8. The fourth-order valence-corrected chi connectivity index (χ4v) is 9.58. The van der Waals surface area contributed by atoms with Crippen LogP contribution in [0.25, 0.3) is 109 Å². The Morgan fingerprint density at radius 1 is 0.278 bits per heavy atom. The zero-order valence-corrected chi connectivity index (χ0v) is 30.3. The molecule has 0 unspecified atom stereocenters. The van der Waals surface area contributed by atoms with E-state index in [2.05, 4.69) is 196 Å². The molecule has 0 saturated carbocycles. The van der Waals surface area contributed by atoms with Crippen LogP contribution >= 0.6 is 0 Å². The van der Waals surface area contributed by atoms with Gasteiger partial charge in [-0.3, -0.25) is 0 Å². The summed E-state index contributed by atoms with van der Waals surface area (Å²) in [6.07, 6.45) is 0. The highest BCUT2D eigenvalue weighted by molar-refractivity contribution is 6.28. The molecular weight excluding hydrogens is 649 g/mol. The van der Waals surface area contributed by atoms with Crippen molar-refractivity contribution in [1.82, 2.24) is 0 Å². The van der Waals surface area contributed by atoms with Crippen LogP contribution in [-0.4, -0.2) is 0 Å². The van der Waals surface area contributed by atoms with E-state index in [9.17, 15) is 0 Å². The van der Waals surface area contributed by atoms with Crippen molar-refractivity contribution in [3.63, 3.8) is 0 Å². The molecule has 0 spiro atoms. The van der Waals surface area contributed by atoms with Gasteiger partial charge in [0.2, 0.25) is 0 Å². The van der Waals surface area contributed by atoms with Gasteiger partial charge < -0.3 is 0 Å². The quantitative estimate of drug-likeness (QED) is 0.128. The molecule has 0 amide bonds. The van der Waals surface area contributed by atoms with Gasteiger partial charge in [-0.15, -0.1) is 0 Å². The minimum Gasteiger partial charge on any atom is -0.0616 e. The molecule has 0 aliphatic carbocycles. The first-order valence-corrected chi connectivity index (χ1v) is 18.9. The topological polar surface area (TPSA) is 0 Å². The fourth-order valence-electron chi connectivity index (χ4n) is 9.58. The van der Waals surface area contributed by atoms with Crippen molar-refractivity contribution in [2.24, 2.45) is 0 Å². The number of fused-ring (bicyclic) bond motifs is 10. The van der Waals surface area contributed by atoms with E-state index in [0.29, 0.717) is 0 Å². The van der Waals surface area contributed by atoms with E-state index in [-0.39, 0.29) is 0 Å². The summed E-state index contributed by atoms with van der Waals surface area (Å²) in [5.74, 6) is 0. The molecule has 0 aromatic heterocycles. The van der Waals surface area contributed by atoms with E-state index in [1.807, 2.05) is 0 Å². The van der Waals surface area contributed by atoms with Crippen LogP contribution in [0.3, 0.4) is 0 Å². The monoisotopic (exact) mass is 684 g/mol. The molecule has 11 aromatic carbocycles. The molecule has 0 nitrogen and oxygen atoms in total. The van der Waals surface area contributed by atoms with Crippen LogP contribution in [0, 0.1) is 13.8 Å². The Bertz CT molecular complexity index is 3290. The normalized spacial score (nSPS) is 11.9. The van der Waals surface area contributed by atoms with Gasteiger partial charge in [0.1, 0.15) is 0 Å². The van der Waals surface area contributed by atoms with Crippen molar-refractivity contribution in [1.29, 1.82) is 0 Å². The fraction of sp³-hybridized carbons (Fsp3) is 0.0370. The standard InChI is InChI=1S/C54H36/c1-33-31-36(29-30-38(33)51-34(2)39-16-5-6-18-41(39)42-19-7-9-21-44(42)51)53-46-23-11-13-25-48(46)54(49-26-14-12-24-47(49)53)50-32-37-28-27-35-15-3-4-17-40(35)52(37)45-22-10-8-20-43(45)50/h3-32H,1-2H3. The highest BCUT2D eigenvalue weighted by atomic mass is 14.2. The highest BCUT2D eigenvalue weighted by Crippen LogP contribution is 2.48. The Kier molecular flexibility index (Phi) is 6.78. The molecule has 252 valence electrons. The summed E-state index contributed by atoms with van der Waals surface area (Å²) in [6, 6.07) is 67.7. The van der Waals surface area contributed by atoms with E-state index in [4.69, 9.17) is 0 Å². The average molecular weight is 685 g/mol. The zero-order chi connectivity index (χ0) is 35.9. The molecule has 0 saturated heterocycles. The van der Waals surface area contributed by atoms with Crippen LogP contribution in [0.4, 0.5) is 0 Å². The van der Waals surface area contributed by atoms with Crippen LogP contribution in [-0.2, 0) is 0 Å². The van der Waals surface area contributed by atoms with E-state index in [1.165, 1.54) is 120 Å². The molecule has 0 heterocycles. The Morgan fingerprint density at radius 3 is 1.37 bits per heavy atom. The summed E-state index contributed by atoms with van der Waals surface area (Å²) in [7, 11) is 0. The first-order valence-electron chi connectivity index (χ1n) is 18.9. The van der Waals surface area contributed by atoms with Crippen LogP contribution < -0.4 is 0 Å². The molecule has 11 rings (SSSR count). The van der Waals surface area contributed by atoms with Gasteiger partial charge in [-0.25, -0.2) is 0 Å². The maximum atomic E-state index is 2.44. The highest BCUT2D eigenvalue weighted by Gasteiger charge is 2.21. The van der Waals surface area contributed by atoms with Crippen molar-refractivity contribution in [3.8, 4) is 33.4 Å². The lowest BCUT2D eigenvalue weighted by molar-refractivity contribution is 1.44. The lowest BCUT2D eigenvalue weighted by Crippen LogP contribution is -1.95. The molecule has 0 N–H and O–H groups in total. The van der Waals surface area contributed by atoms with E-state index in [0.717, 1.165) is 0 Å². The predicted molar refractivity (Wildman–Crippen MR) is 235 cm³/mol. The Balaban J connectivity index is 1.18. The first kappa shape index (κ1) is 30.8. The SMILES string of the molecule is Cc1cc(-c2c3ccccc3c(-c3cc4ccc5ccccc5c4c4ccccc34)c3ccccc23)ccc1-c1c(C)c2ccccc2c2ccccc12. The van der Waals surface area contributed by atoms with Gasteiger partial charge >= 0.3 is 0 Å². The third kappa shape index (κ3) is 4.44. The third-order valence-electron chi connectivity index (χ3n) is 11.9. The molecule has 54 heavy (non-hydrogen) atoms. The van der Waals surface area contributed by atoms with Crippen molar-refractivity contribution in [2.75, 3.05) is 0 Å². The second-order valence-corrected chi connectivity index (χ2v) is 14.8. The lowest BCUT2D eigenvalue weighted by Gasteiger charge is -2.21. The lowest BCUT2D eigenvalue weighted by atomic mass is 9.82. The van der Waals surface area contributed by atoms with Crippen LogP contribution in [0.5, 0.6) is 0 Å². The minimum atomic E-state index is 1.24. The van der Waals surface area contributed by atoms with E-state index >= 15 is 0 Å². The predicted octanol–water partition coefficient (Wildman–Crippen LogP) is 15.4. The largest absolute Gasteiger partial charge is 0.0616 e. The summed E-state index contributed by atoms with van der Waals surface area (Å²) < 4.78 is 0. The number of hydrogen-bond donors (Lipinski definition) is 0. The molecule has 0 bridgehead atoms. The Labute approximate surface area is 314 Å². The maximum Gasteiger partial charge on any atom is -0.00199 e. The van der Waals surface area contributed by atoms with Crippen molar-refractivity contribution < 1.29 is 0 Å². The average Bonchev–Trinajstić information content (AvgIpc) is 3.23. The van der Waals surface area contributed by atoms with Gasteiger partial charge in [0.05, 0.1) is 0 Å². The van der Waals surface area contributed by atoms with Crippen molar-refractivity contribution in [3.05, 3.63) is 193 Å². The van der Waals surface area contributed by atoms with Crippen LogP contribution in [0.2, 0.25) is 0 Å². The molecule has 0 aliphatic rings. The van der Waals surface area contributed by atoms with Gasteiger partial charge in [0.25, 0.3) is 0 Å². The maximum absolute atomic E-state index is 2.44. The number of benzene rings is 11. The smallest absolute Gasteiger partial charge is 0.00199 e. The van der Waals surface area contributed by atoms with Gasteiger partial charge in [-0.05, 0) is 140 Å². The van der Waals surface area contributed by atoms with E-state index < -0.39 is 0 Å². The molecule has 0 fully saturated rings. The summed E-state index contributed by atoms with van der Waals surface area (Å²) in [5.41, 5.74) is 10.3. The van der Waals surface area contributed by atoms with Crippen LogP contribution in [0.15, 0.2) is 182 Å². The third-order valence-corrected chi connectivity index (χ3v) is 11.9. The van der Waals surface area contributed by atoms with Crippen molar-refractivity contribution >= 4 is 75.4 Å². The first-order chi connectivity index (χ1) is 26.7. The second kappa shape index (κ2) is 11.9. The molecular formula is C54H36. The Hall–Kier alpha value is -6.76. The van der Waals surface area contributed by atoms with Crippen molar-refractivity contribution in [2.45, 2.75) is 13.8 Å².